The first kappa shape index (κ1) is 22.7. The minimum atomic E-state index is -0.147. The van der Waals surface area contributed by atoms with Crippen LogP contribution in [0.2, 0.25) is 5.02 Å². The first-order valence-electron chi connectivity index (χ1n) is 11.3. The predicted octanol–water partition coefficient (Wildman–Crippen LogP) is 4.12. The molecular weight excluding hydrogens is 450 g/mol. The zero-order valence-electron chi connectivity index (χ0n) is 19.5. The van der Waals surface area contributed by atoms with Crippen LogP contribution in [0.4, 0.5) is 0 Å². The summed E-state index contributed by atoms with van der Waals surface area (Å²) >= 11 is 6.73. The van der Waals surface area contributed by atoms with Crippen molar-refractivity contribution in [2.75, 3.05) is 26.7 Å². The number of aryl methyl sites for hydroxylation is 2. The molecule has 3 aromatic heterocycles. The lowest BCUT2D eigenvalue weighted by atomic mass is 10.0. The van der Waals surface area contributed by atoms with E-state index in [2.05, 4.69) is 26.9 Å². The number of benzene rings is 1. The molecule has 0 N–H and O–H groups in total. The lowest BCUT2D eigenvalue weighted by molar-refractivity contribution is -0.0273. The van der Waals surface area contributed by atoms with E-state index in [-0.39, 0.29) is 11.7 Å². The highest BCUT2D eigenvalue weighted by Crippen LogP contribution is 2.31. The molecule has 0 aliphatic carbocycles. The van der Waals surface area contributed by atoms with Gasteiger partial charge in [0.2, 0.25) is 0 Å². The van der Waals surface area contributed by atoms with E-state index >= 15 is 0 Å². The number of morpholine rings is 1. The van der Waals surface area contributed by atoms with Gasteiger partial charge >= 0.3 is 0 Å². The SMILES string of the molecule is Cc1cccc(-c2ccc(-c3cc4cnc(C)nc4n(C[C@@H]4CN(C)CCO4)c3=O)c(Cl)c2)n1. The van der Waals surface area contributed by atoms with Crippen LogP contribution in [-0.2, 0) is 11.3 Å². The molecule has 0 saturated carbocycles. The molecule has 1 saturated heterocycles. The van der Waals surface area contributed by atoms with Gasteiger partial charge in [0.25, 0.3) is 5.56 Å². The maximum Gasteiger partial charge on any atom is 0.260 e. The van der Waals surface area contributed by atoms with E-state index in [1.165, 1.54) is 0 Å². The Morgan fingerprint density at radius 3 is 2.74 bits per heavy atom. The molecule has 1 aromatic carbocycles. The number of rotatable bonds is 4. The van der Waals surface area contributed by atoms with E-state index in [4.69, 9.17) is 16.3 Å². The highest BCUT2D eigenvalue weighted by molar-refractivity contribution is 6.33. The normalized spacial score (nSPS) is 16.8. The molecule has 0 spiro atoms. The van der Waals surface area contributed by atoms with Crippen molar-refractivity contribution in [1.29, 1.82) is 0 Å². The van der Waals surface area contributed by atoms with Gasteiger partial charge in [-0.1, -0.05) is 29.8 Å². The van der Waals surface area contributed by atoms with Crippen molar-refractivity contribution < 1.29 is 4.74 Å². The second-order valence-electron chi connectivity index (χ2n) is 8.78. The molecule has 1 aliphatic heterocycles. The second kappa shape index (κ2) is 9.25. The standard InChI is InChI=1S/C26H26ClN5O2/c1-16-5-4-6-24(29-16)18-7-8-21(23(27)12-18)22-11-19-13-28-17(2)30-25(19)32(26(22)33)15-20-14-31(3)9-10-34-20/h4-8,11-13,20H,9-10,14-15H2,1-3H3/t20-/m0/s1. The average Bonchev–Trinajstić information content (AvgIpc) is 2.81. The number of nitrogens with zero attached hydrogens (tertiary/aromatic N) is 5. The smallest absolute Gasteiger partial charge is 0.260 e. The maximum absolute atomic E-state index is 13.8. The fraction of sp³-hybridized carbons (Fsp3) is 0.308. The largest absolute Gasteiger partial charge is 0.374 e. The molecule has 4 aromatic rings. The van der Waals surface area contributed by atoms with Gasteiger partial charge in [-0.2, -0.15) is 0 Å². The van der Waals surface area contributed by atoms with Crippen molar-refractivity contribution in [1.82, 2.24) is 24.4 Å². The Labute approximate surface area is 203 Å². The van der Waals surface area contributed by atoms with Crippen LogP contribution in [0.1, 0.15) is 11.5 Å². The van der Waals surface area contributed by atoms with Gasteiger partial charge in [0.15, 0.2) is 0 Å². The minimum Gasteiger partial charge on any atom is -0.374 e. The van der Waals surface area contributed by atoms with Gasteiger partial charge in [-0.15, -0.1) is 0 Å². The molecule has 8 heteroatoms. The summed E-state index contributed by atoms with van der Waals surface area (Å²) in [5, 5.41) is 1.27. The van der Waals surface area contributed by atoms with Crippen LogP contribution in [-0.4, -0.2) is 57.3 Å². The Hall–Kier alpha value is -3.13. The van der Waals surface area contributed by atoms with Crippen LogP contribution < -0.4 is 5.56 Å². The topological polar surface area (TPSA) is 73.1 Å². The second-order valence-corrected chi connectivity index (χ2v) is 9.19. The summed E-state index contributed by atoms with van der Waals surface area (Å²) in [6, 6.07) is 13.4. The number of pyridine rings is 2. The molecule has 0 amide bonds. The highest BCUT2D eigenvalue weighted by atomic mass is 35.5. The number of halogens is 1. The van der Waals surface area contributed by atoms with Gasteiger partial charge in [-0.3, -0.25) is 14.3 Å². The summed E-state index contributed by atoms with van der Waals surface area (Å²) in [6.07, 6.45) is 1.65. The molecule has 5 rings (SSSR count). The van der Waals surface area contributed by atoms with Gasteiger partial charge in [-0.25, -0.2) is 9.97 Å². The molecule has 4 heterocycles. The fourth-order valence-corrected chi connectivity index (χ4v) is 4.67. The summed E-state index contributed by atoms with van der Waals surface area (Å²) in [5.41, 5.74) is 4.31. The molecular formula is C26H26ClN5O2. The van der Waals surface area contributed by atoms with Gasteiger partial charge in [-0.05, 0) is 45.2 Å². The van der Waals surface area contributed by atoms with E-state index < -0.39 is 0 Å². The van der Waals surface area contributed by atoms with Crippen LogP contribution in [0.5, 0.6) is 0 Å². The highest BCUT2D eigenvalue weighted by Gasteiger charge is 2.22. The number of hydrogen-bond acceptors (Lipinski definition) is 6. The van der Waals surface area contributed by atoms with Gasteiger partial charge < -0.3 is 9.64 Å². The van der Waals surface area contributed by atoms with E-state index in [0.29, 0.717) is 40.8 Å². The summed E-state index contributed by atoms with van der Waals surface area (Å²) in [7, 11) is 2.06. The van der Waals surface area contributed by atoms with Crippen molar-refractivity contribution in [3.63, 3.8) is 0 Å². The summed E-state index contributed by atoms with van der Waals surface area (Å²) < 4.78 is 7.66. The Morgan fingerprint density at radius 2 is 1.97 bits per heavy atom. The molecule has 1 aliphatic rings. The van der Waals surface area contributed by atoms with E-state index in [1.807, 2.05) is 56.3 Å². The van der Waals surface area contributed by atoms with Gasteiger partial charge in [0, 0.05) is 52.1 Å². The van der Waals surface area contributed by atoms with Crippen molar-refractivity contribution in [3.8, 4) is 22.4 Å². The number of ether oxygens (including phenoxy) is 1. The van der Waals surface area contributed by atoms with Crippen LogP contribution in [0.25, 0.3) is 33.4 Å². The zero-order valence-corrected chi connectivity index (χ0v) is 20.2. The lowest BCUT2D eigenvalue weighted by Crippen LogP contribution is -2.43. The van der Waals surface area contributed by atoms with E-state index in [1.54, 1.807) is 10.8 Å². The Bertz CT molecular complexity index is 1430. The molecule has 174 valence electrons. The van der Waals surface area contributed by atoms with Crippen molar-refractivity contribution in [3.05, 3.63) is 75.6 Å². The van der Waals surface area contributed by atoms with Crippen molar-refractivity contribution >= 4 is 22.6 Å². The van der Waals surface area contributed by atoms with Gasteiger partial charge in [0.1, 0.15) is 11.5 Å². The summed E-state index contributed by atoms with van der Waals surface area (Å²) in [4.78, 5) is 29.5. The average molecular weight is 476 g/mol. The lowest BCUT2D eigenvalue weighted by Gasteiger charge is -2.30. The minimum absolute atomic E-state index is 0.101. The van der Waals surface area contributed by atoms with Crippen LogP contribution in [0.3, 0.4) is 0 Å². The third kappa shape index (κ3) is 4.46. The summed E-state index contributed by atoms with van der Waals surface area (Å²) in [5.74, 6) is 0.614. The van der Waals surface area contributed by atoms with E-state index in [0.717, 1.165) is 35.4 Å². The Balaban J connectivity index is 1.62. The first-order valence-corrected chi connectivity index (χ1v) is 11.7. The molecule has 0 bridgehead atoms. The zero-order chi connectivity index (χ0) is 23.8. The number of hydrogen-bond donors (Lipinski definition) is 0. The quantitative estimate of drug-likeness (QED) is 0.442. The van der Waals surface area contributed by atoms with Crippen molar-refractivity contribution in [2.45, 2.75) is 26.5 Å². The molecule has 1 fully saturated rings. The number of aromatic nitrogens is 4. The van der Waals surface area contributed by atoms with Crippen LogP contribution in [0, 0.1) is 13.8 Å². The fourth-order valence-electron chi connectivity index (χ4n) is 4.38. The molecule has 7 nitrogen and oxygen atoms in total. The predicted molar refractivity (Wildman–Crippen MR) is 134 cm³/mol. The molecule has 0 radical (unpaired) electrons. The van der Waals surface area contributed by atoms with Crippen LogP contribution in [0.15, 0.2) is 53.5 Å². The molecule has 1 atom stereocenters. The monoisotopic (exact) mass is 475 g/mol. The van der Waals surface area contributed by atoms with E-state index in [9.17, 15) is 4.79 Å². The van der Waals surface area contributed by atoms with Gasteiger partial charge in [0.05, 0.1) is 24.9 Å². The summed E-state index contributed by atoms with van der Waals surface area (Å²) in [6.45, 7) is 6.46. The van der Waals surface area contributed by atoms with Crippen molar-refractivity contribution in [2.24, 2.45) is 0 Å². The Kier molecular flexibility index (Phi) is 6.16. The number of likely N-dealkylation sites (N-methyl/N-ethyl adjacent to an activating group) is 1. The van der Waals surface area contributed by atoms with Crippen LogP contribution >= 0.6 is 11.6 Å². The molecule has 34 heavy (non-hydrogen) atoms. The number of fused-ring (bicyclic) bond motifs is 1. The molecule has 0 unspecified atom stereocenters. The third-order valence-electron chi connectivity index (χ3n) is 6.12. The first-order chi connectivity index (χ1) is 16.4. The Morgan fingerprint density at radius 1 is 1.12 bits per heavy atom. The maximum atomic E-state index is 13.8. The third-order valence-corrected chi connectivity index (χ3v) is 6.43.